The Labute approximate surface area is 122 Å². The highest BCUT2D eigenvalue weighted by atomic mass is 32.2. The smallest absolute Gasteiger partial charge is 0.325 e. The minimum Gasteiger partial charge on any atom is -0.480 e. The molecule has 118 valence electrons. The summed E-state index contributed by atoms with van der Waals surface area (Å²) in [5, 5.41) is 14.9. The molecule has 1 aromatic heterocycles. The zero-order valence-electron chi connectivity index (χ0n) is 11.8. The molecule has 0 atom stereocenters. The van der Waals surface area contributed by atoms with Crippen LogP contribution in [0.4, 0.5) is 0 Å². The number of amides is 1. The molecule has 21 heavy (non-hydrogen) atoms. The van der Waals surface area contributed by atoms with E-state index in [2.05, 4.69) is 10.4 Å². The topological polar surface area (TPSA) is 122 Å². The summed E-state index contributed by atoms with van der Waals surface area (Å²) in [5.41, 5.74) is 0. The van der Waals surface area contributed by atoms with Gasteiger partial charge in [0.05, 0.1) is 12.7 Å². The van der Waals surface area contributed by atoms with Crippen molar-refractivity contribution in [3.05, 3.63) is 12.4 Å². The van der Waals surface area contributed by atoms with Gasteiger partial charge in [0.15, 0.2) is 0 Å². The maximum atomic E-state index is 12.2. The normalized spacial score (nSPS) is 11.6. The molecule has 10 heteroatoms. The van der Waals surface area contributed by atoms with Crippen LogP contribution in [0.25, 0.3) is 0 Å². The van der Waals surface area contributed by atoms with E-state index in [1.807, 2.05) is 6.92 Å². The predicted molar refractivity (Wildman–Crippen MR) is 73.0 cm³/mol. The molecule has 0 aromatic carbocycles. The van der Waals surface area contributed by atoms with Gasteiger partial charge in [0.2, 0.25) is 15.9 Å². The first-order valence-electron chi connectivity index (χ1n) is 6.24. The van der Waals surface area contributed by atoms with Crippen molar-refractivity contribution in [1.29, 1.82) is 0 Å². The highest BCUT2D eigenvalue weighted by molar-refractivity contribution is 7.89. The third-order valence-electron chi connectivity index (χ3n) is 2.55. The Kier molecular flexibility index (Phi) is 5.85. The standard InChI is InChI=1S/C11H18N4O5S/c1-3-4-12-10(16)7-14(2)21(19,20)9-5-13-15(6-9)8-11(17)18/h5-6H,3-4,7-8H2,1-2H3,(H,12,16)(H,17,18). The zero-order valence-corrected chi connectivity index (χ0v) is 12.6. The van der Waals surface area contributed by atoms with Gasteiger partial charge in [-0.25, -0.2) is 8.42 Å². The zero-order chi connectivity index (χ0) is 16.0. The molecule has 0 aliphatic carbocycles. The van der Waals surface area contributed by atoms with E-state index in [9.17, 15) is 18.0 Å². The van der Waals surface area contributed by atoms with Gasteiger partial charge in [-0.3, -0.25) is 14.3 Å². The average Bonchev–Trinajstić information content (AvgIpc) is 2.84. The number of nitrogens with one attached hydrogen (secondary N) is 1. The molecule has 0 aliphatic rings. The first-order chi connectivity index (χ1) is 9.77. The van der Waals surface area contributed by atoms with Gasteiger partial charge in [0, 0.05) is 19.8 Å². The molecule has 1 rings (SSSR count). The number of aromatic nitrogens is 2. The largest absolute Gasteiger partial charge is 0.480 e. The van der Waals surface area contributed by atoms with Crippen molar-refractivity contribution in [3.63, 3.8) is 0 Å². The Balaban J connectivity index is 2.77. The molecule has 0 saturated heterocycles. The SMILES string of the molecule is CCCNC(=O)CN(C)S(=O)(=O)c1cnn(CC(=O)O)c1. The van der Waals surface area contributed by atoms with Crippen molar-refractivity contribution in [1.82, 2.24) is 19.4 Å². The van der Waals surface area contributed by atoms with Gasteiger partial charge >= 0.3 is 5.97 Å². The minimum atomic E-state index is -3.88. The van der Waals surface area contributed by atoms with Crippen LogP contribution in [0.15, 0.2) is 17.3 Å². The number of hydrogen-bond acceptors (Lipinski definition) is 5. The summed E-state index contributed by atoms with van der Waals surface area (Å²) in [7, 11) is -2.60. The molecule has 1 heterocycles. The third kappa shape index (κ3) is 4.83. The first kappa shape index (κ1) is 17.1. The minimum absolute atomic E-state index is 0.158. The molecule has 0 unspecified atom stereocenters. The molecule has 0 spiro atoms. The van der Waals surface area contributed by atoms with E-state index in [4.69, 9.17) is 5.11 Å². The van der Waals surface area contributed by atoms with Crippen LogP contribution >= 0.6 is 0 Å². The summed E-state index contributed by atoms with van der Waals surface area (Å²) in [5.74, 6) is -1.53. The summed E-state index contributed by atoms with van der Waals surface area (Å²) in [4.78, 5) is 21.9. The molecule has 0 radical (unpaired) electrons. The molecular weight excluding hydrogens is 300 g/mol. The molecule has 1 aromatic rings. The van der Waals surface area contributed by atoms with Crippen molar-refractivity contribution < 1.29 is 23.1 Å². The lowest BCUT2D eigenvalue weighted by Gasteiger charge is -2.15. The summed E-state index contributed by atoms with van der Waals surface area (Å²) in [6.07, 6.45) is 2.92. The Morgan fingerprint density at radius 1 is 1.48 bits per heavy atom. The second-order valence-electron chi connectivity index (χ2n) is 4.38. The summed E-state index contributed by atoms with van der Waals surface area (Å²) in [6, 6.07) is 0. The molecular formula is C11H18N4O5S. The van der Waals surface area contributed by atoms with Crippen molar-refractivity contribution in [2.24, 2.45) is 0 Å². The Bertz CT molecular complexity index is 610. The molecule has 1 amide bonds. The maximum Gasteiger partial charge on any atom is 0.325 e. The number of carbonyl (C=O) groups excluding carboxylic acids is 1. The van der Waals surface area contributed by atoms with Gasteiger partial charge in [0.1, 0.15) is 11.4 Å². The van der Waals surface area contributed by atoms with Gasteiger partial charge in [-0.15, -0.1) is 0 Å². The Morgan fingerprint density at radius 3 is 2.71 bits per heavy atom. The fraction of sp³-hybridized carbons (Fsp3) is 0.545. The molecule has 9 nitrogen and oxygen atoms in total. The highest BCUT2D eigenvalue weighted by Crippen LogP contribution is 2.12. The van der Waals surface area contributed by atoms with Gasteiger partial charge in [-0.2, -0.15) is 9.40 Å². The van der Waals surface area contributed by atoms with E-state index < -0.39 is 28.4 Å². The van der Waals surface area contributed by atoms with Crippen LogP contribution in [0, 0.1) is 0 Å². The van der Waals surface area contributed by atoms with E-state index >= 15 is 0 Å². The number of carboxylic acids is 1. The van der Waals surface area contributed by atoms with Crippen molar-refractivity contribution in [2.45, 2.75) is 24.8 Å². The first-order valence-corrected chi connectivity index (χ1v) is 7.68. The molecule has 0 bridgehead atoms. The number of rotatable bonds is 8. The lowest BCUT2D eigenvalue weighted by atomic mass is 10.4. The number of carboxylic acid groups (broad SMARTS) is 1. The van der Waals surface area contributed by atoms with Crippen LogP contribution in [0.5, 0.6) is 0 Å². The highest BCUT2D eigenvalue weighted by Gasteiger charge is 2.24. The molecule has 2 N–H and O–H groups in total. The monoisotopic (exact) mass is 318 g/mol. The van der Waals surface area contributed by atoms with Crippen LogP contribution in [0.2, 0.25) is 0 Å². The van der Waals surface area contributed by atoms with Crippen LogP contribution in [-0.4, -0.2) is 59.6 Å². The van der Waals surface area contributed by atoms with Gasteiger partial charge < -0.3 is 10.4 Å². The van der Waals surface area contributed by atoms with E-state index in [0.29, 0.717) is 6.54 Å². The van der Waals surface area contributed by atoms with E-state index in [0.717, 1.165) is 27.8 Å². The van der Waals surface area contributed by atoms with Gasteiger partial charge in [-0.05, 0) is 6.42 Å². The molecule has 0 aliphatic heterocycles. The lowest BCUT2D eigenvalue weighted by molar-refractivity contribution is -0.137. The quantitative estimate of drug-likeness (QED) is 0.641. The number of nitrogens with zero attached hydrogens (tertiary/aromatic N) is 3. The average molecular weight is 318 g/mol. The number of aliphatic carboxylic acids is 1. The number of carbonyl (C=O) groups is 2. The summed E-state index contributed by atoms with van der Waals surface area (Å²) >= 11 is 0. The fourth-order valence-electron chi connectivity index (χ4n) is 1.49. The van der Waals surface area contributed by atoms with Crippen molar-refractivity contribution in [2.75, 3.05) is 20.1 Å². The third-order valence-corrected chi connectivity index (χ3v) is 4.31. The van der Waals surface area contributed by atoms with Crippen LogP contribution in [-0.2, 0) is 26.2 Å². The second-order valence-corrected chi connectivity index (χ2v) is 6.42. The van der Waals surface area contributed by atoms with Crippen LogP contribution in [0.3, 0.4) is 0 Å². The van der Waals surface area contributed by atoms with Crippen molar-refractivity contribution in [3.8, 4) is 0 Å². The van der Waals surface area contributed by atoms with E-state index in [1.165, 1.54) is 7.05 Å². The lowest BCUT2D eigenvalue weighted by Crippen LogP contribution is -2.38. The Morgan fingerprint density at radius 2 is 2.14 bits per heavy atom. The Hall–Kier alpha value is -1.94. The van der Waals surface area contributed by atoms with Crippen LogP contribution < -0.4 is 5.32 Å². The number of likely N-dealkylation sites (N-methyl/N-ethyl adjacent to an activating group) is 1. The fourth-order valence-corrected chi connectivity index (χ4v) is 2.57. The molecule has 0 fully saturated rings. The van der Waals surface area contributed by atoms with Crippen LogP contribution in [0.1, 0.15) is 13.3 Å². The summed E-state index contributed by atoms with van der Waals surface area (Å²) < 4.78 is 26.3. The van der Waals surface area contributed by atoms with Gasteiger partial charge in [-0.1, -0.05) is 6.92 Å². The van der Waals surface area contributed by atoms with E-state index in [1.54, 1.807) is 0 Å². The number of sulfonamides is 1. The molecule has 0 saturated carbocycles. The summed E-state index contributed by atoms with van der Waals surface area (Å²) in [6.45, 7) is 1.61. The second kappa shape index (κ2) is 7.18. The maximum absolute atomic E-state index is 12.2. The number of hydrogen-bond donors (Lipinski definition) is 2. The van der Waals surface area contributed by atoms with E-state index in [-0.39, 0.29) is 11.4 Å². The predicted octanol–water partition coefficient (Wildman–Crippen LogP) is -0.886. The van der Waals surface area contributed by atoms with Crippen molar-refractivity contribution >= 4 is 21.9 Å². The van der Waals surface area contributed by atoms with Gasteiger partial charge in [0.25, 0.3) is 0 Å².